The number of hydrazine groups is 1. The summed E-state index contributed by atoms with van der Waals surface area (Å²) >= 11 is 0. The molecule has 26 heavy (non-hydrogen) atoms. The molecule has 0 unspecified atom stereocenters. The number of sulfone groups is 1. The van der Waals surface area contributed by atoms with Crippen LogP contribution in [0.3, 0.4) is 0 Å². The van der Waals surface area contributed by atoms with Gasteiger partial charge in [-0.05, 0) is 74.8 Å². The predicted octanol–water partition coefficient (Wildman–Crippen LogP) is 1.36. The maximum atomic E-state index is 12.7. The first-order valence-corrected chi connectivity index (χ1v) is 11.7. The zero-order valence-electron chi connectivity index (χ0n) is 15.8. The van der Waals surface area contributed by atoms with Crippen LogP contribution in [0.15, 0.2) is 4.90 Å². The van der Waals surface area contributed by atoms with Crippen molar-refractivity contribution in [3.05, 3.63) is 27.8 Å². The van der Waals surface area contributed by atoms with E-state index >= 15 is 0 Å². The van der Waals surface area contributed by atoms with E-state index in [1.54, 1.807) is 13.8 Å². The molecule has 1 atom stereocenters. The van der Waals surface area contributed by atoms with Crippen LogP contribution in [0.4, 0.5) is 0 Å². The van der Waals surface area contributed by atoms with Crippen LogP contribution in [-0.4, -0.2) is 34.2 Å². The topological polar surface area (TPSA) is 109 Å². The van der Waals surface area contributed by atoms with Crippen LogP contribution in [0.1, 0.15) is 40.7 Å². The van der Waals surface area contributed by atoms with Crippen molar-refractivity contribution in [3.63, 3.8) is 0 Å². The minimum Gasteiger partial charge on any atom is -0.278 e. The molecule has 0 saturated carbocycles. The maximum absolute atomic E-state index is 12.7. The molecule has 1 heterocycles. The lowest BCUT2D eigenvalue weighted by atomic mass is 9.95. The largest absolute Gasteiger partial charge is 0.278 e. The molecular formula is C17H26N2O5S2. The summed E-state index contributed by atoms with van der Waals surface area (Å²) in [5.74, 6) is -0.748. The Hall–Kier alpha value is -1.45. The third-order valence-corrected chi connectivity index (χ3v) is 8.68. The Labute approximate surface area is 155 Å². The first-order chi connectivity index (χ1) is 11.9. The summed E-state index contributed by atoms with van der Waals surface area (Å²) in [5, 5.41) is 0. The number of hydrogen-bond donors (Lipinski definition) is 2. The fourth-order valence-electron chi connectivity index (χ4n) is 3.39. The van der Waals surface area contributed by atoms with Crippen molar-refractivity contribution in [2.75, 3.05) is 11.5 Å². The highest BCUT2D eigenvalue weighted by Gasteiger charge is 2.30. The van der Waals surface area contributed by atoms with Crippen LogP contribution < -0.4 is 10.3 Å². The van der Waals surface area contributed by atoms with Crippen LogP contribution in [0.2, 0.25) is 0 Å². The average Bonchev–Trinajstić information content (AvgIpc) is 2.88. The van der Waals surface area contributed by atoms with Crippen molar-refractivity contribution >= 4 is 25.8 Å². The van der Waals surface area contributed by atoms with E-state index in [2.05, 4.69) is 10.3 Å². The van der Waals surface area contributed by atoms with Crippen molar-refractivity contribution in [2.24, 2.45) is 5.92 Å². The summed E-state index contributed by atoms with van der Waals surface area (Å²) in [6.07, 6.45) is 0.405. The van der Waals surface area contributed by atoms with E-state index in [0.717, 1.165) is 16.7 Å². The number of carbonyl (C=O) groups is 1. The van der Waals surface area contributed by atoms with Crippen LogP contribution >= 0.6 is 0 Å². The van der Waals surface area contributed by atoms with Gasteiger partial charge in [0, 0.05) is 6.42 Å². The highest BCUT2D eigenvalue weighted by molar-refractivity contribution is 7.91. The number of hydrogen-bond acceptors (Lipinski definition) is 5. The van der Waals surface area contributed by atoms with Gasteiger partial charge in [-0.3, -0.25) is 10.2 Å². The van der Waals surface area contributed by atoms with Gasteiger partial charge in [0.2, 0.25) is 5.91 Å². The van der Waals surface area contributed by atoms with Gasteiger partial charge < -0.3 is 0 Å². The molecule has 9 heteroatoms. The number of amides is 1. The first-order valence-electron chi connectivity index (χ1n) is 8.43. The second-order valence-electron chi connectivity index (χ2n) is 7.08. The molecule has 2 rings (SSSR count). The summed E-state index contributed by atoms with van der Waals surface area (Å²) in [4.78, 5) is 14.3. The third-order valence-electron chi connectivity index (χ3n) is 5.33. The molecule has 0 aliphatic carbocycles. The Balaban J connectivity index is 2.14. The number of benzene rings is 1. The van der Waals surface area contributed by atoms with Gasteiger partial charge in [0.15, 0.2) is 9.84 Å². The lowest BCUT2D eigenvalue weighted by Gasteiger charge is -2.19. The van der Waals surface area contributed by atoms with Gasteiger partial charge >= 0.3 is 0 Å². The standard InChI is InChI=1S/C17H26N2O5S2/c1-10-11(2)13(4)17(14(5)12(10)3)26(23,24)19-18-16(20)8-15-6-7-25(21,22)9-15/h15,19H,6-9H2,1-5H3,(H,18,20)/t15-/m0/s1. The first kappa shape index (κ1) is 20.9. The average molecular weight is 403 g/mol. The van der Waals surface area contributed by atoms with E-state index in [4.69, 9.17) is 0 Å². The molecule has 2 N–H and O–H groups in total. The number of sulfonamides is 1. The quantitative estimate of drug-likeness (QED) is 0.723. The maximum Gasteiger partial charge on any atom is 0.257 e. The molecule has 1 fully saturated rings. The van der Waals surface area contributed by atoms with Crippen molar-refractivity contribution in [3.8, 4) is 0 Å². The molecule has 1 aliphatic rings. The smallest absolute Gasteiger partial charge is 0.257 e. The summed E-state index contributed by atoms with van der Waals surface area (Å²) in [6.45, 7) is 9.18. The SMILES string of the molecule is Cc1c(C)c(C)c(S(=O)(=O)NNC(=O)C[C@@H]2CCS(=O)(=O)C2)c(C)c1C. The molecule has 0 aromatic heterocycles. The van der Waals surface area contributed by atoms with Gasteiger partial charge in [-0.1, -0.05) is 0 Å². The molecule has 146 valence electrons. The molecule has 0 bridgehead atoms. The van der Waals surface area contributed by atoms with Gasteiger partial charge in [0.25, 0.3) is 10.0 Å². The van der Waals surface area contributed by atoms with Crippen LogP contribution in [-0.2, 0) is 24.7 Å². The number of rotatable bonds is 5. The zero-order valence-corrected chi connectivity index (χ0v) is 17.4. The molecule has 1 aromatic rings. The minimum atomic E-state index is -3.94. The van der Waals surface area contributed by atoms with Crippen LogP contribution in [0.25, 0.3) is 0 Å². The molecule has 0 spiro atoms. The Bertz CT molecular complexity index is 921. The molecule has 1 saturated heterocycles. The highest BCUT2D eigenvalue weighted by Crippen LogP contribution is 2.29. The van der Waals surface area contributed by atoms with E-state index in [9.17, 15) is 21.6 Å². The number of nitrogens with one attached hydrogen (secondary N) is 2. The predicted molar refractivity (Wildman–Crippen MR) is 100.0 cm³/mol. The molecule has 1 amide bonds. The van der Waals surface area contributed by atoms with E-state index in [0.29, 0.717) is 17.5 Å². The summed E-state index contributed by atoms with van der Waals surface area (Å²) < 4.78 is 48.3. The second-order valence-corrected chi connectivity index (χ2v) is 10.9. The van der Waals surface area contributed by atoms with Gasteiger partial charge in [-0.25, -0.2) is 16.8 Å². The van der Waals surface area contributed by atoms with E-state index in [1.165, 1.54) is 0 Å². The lowest BCUT2D eigenvalue weighted by Crippen LogP contribution is -2.42. The fraction of sp³-hybridized carbons (Fsp3) is 0.588. The summed E-state index contributed by atoms with van der Waals surface area (Å²) in [6, 6.07) is 0. The molecule has 1 aliphatic heterocycles. The highest BCUT2D eigenvalue weighted by atomic mass is 32.2. The zero-order chi connectivity index (χ0) is 19.9. The van der Waals surface area contributed by atoms with Crippen molar-refractivity contribution in [1.82, 2.24) is 10.3 Å². The van der Waals surface area contributed by atoms with Gasteiger partial charge in [0.05, 0.1) is 16.4 Å². The molecule has 1 aromatic carbocycles. The Morgan fingerprint density at radius 1 is 1.00 bits per heavy atom. The van der Waals surface area contributed by atoms with E-state index < -0.39 is 25.8 Å². The van der Waals surface area contributed by atoms with Crippen LogP contribution in [0.5, 0.6) is 0 Å². The normalized spacial score (nSPS) is 19.5. The Morgan fingerprint density at radius 2 is 1.50 bits per heavy atom. The van der Waals surface area contributed by atoms with Crippen molar-refractivity contribution in [1.29, 1.82) is 0 Å². The third kappa shape index (κ3) is 4.27. The second kappa shape index (κ2) is 7.28. The van der Waals surface area contributed by atoms with E-state index in [-0.39, 0.29) is 28.7 Å². The lowest BCUT2D eigenvalue weighted by molar-refractivity contribution is -0.122. The van der Waals surface area contributed by atoms with E-state index in [1.807, 2.05) is 20.8 Å². The molecule has 0 radical (unpaired) electrons. The fourth-order valence-corrected chi connectivity index (χ4v) is 6.71. The van der Waals surface area contributed by atoms with Gasteiger partial charge in [-0.15, -0.1) is 4.83 Å². The summed E-state index contributed by atoms with van der Waals surface area (Å²) in [5.41, 5.74) is 6.35. The number of carbonyl (C=O) groups excluding carboxylic acids is 1. The minimum absolute atomic E-state index is 0.0222. The Kier molecular flexibility index (Phi) is 5.84. The summed E-state index contributed by atoms with van der Waals surface area (Å²) in [7, 11) is -7.01. The van der Waals surface area contributed by atoms with Crippen molar-refractivity contribution < 1.29 is 21.6 Å². The Morgan fingerprint density at radius 3 is 1.96 bits per heavy atom. The molecule has 7 nitrogen and oxygen atoms in total. The molecular weight excluding hydrogens is 376 g/mol. The van der Waals surface area contributed by atoms with Crippen molar-refractivity contribution in [2.45, 2.75) is 52.4 Å². The van der Waals surface area contributed by atoms with Crippen LogP contribution in [0, 0.1) is 40.5 Å². The van der Waals surface area contributed by atoms with Gasteiger partial charge in [0.1, 0.15) is 0 Å². The monoisotopic (exact) mass is 402 g/mol. The van der Waals surface area contributed by atoms with Gasteiger partial charge in [-0.2, -0.15) is 0 Å².